The van der Waals surface area contributed by atoms with E-state index in [1.54, 1.807) is 0 Å². The van der Waals surface area contributed by atoms with Gasteiger partial charge in [0.15, 0.2) is 5.82 Å². The maximum absolute atomic E-state index is 8.89. The number of ether oxygens (including phenoxy) is 1. The molecular formula is C9H17N3O2. The minimum atomic E-state index is -0.0606. The van der Waals surface area contributed by atoms with Gasteiger partial charge in [0.2, 0.25) is 0 Å². The molecule has 0 unspecified atom stereocenters. The molecule has 0 atom stereocenters. The minimum Gasteiger partial charge on any atom is -0.388 e. The van der Waals surface area contributed by atoms with Crippen LogP contribution in [0.2, 0.25) is 0 Å². The number of hydrogen-bond donors (Lipinski definition) is 1. The lowest BCUT2D eigenvalue weighted by atomic mass is 10.3. The van der Waals surface area contributed by atoms with Gasteiger partial charge < -0.3 is 14.4 Å². The number of aryl methyl sites for hydroxylation is 1. The summed E-state index contributed by atoms with van der Waals surface area (Å²) in [7, 11) is 1.86. The predicted octanol–water partition coefficient (Wildman–Crippen LogP) is 0.277. The second-order valence-corrected chi connectivity index (χ2v) is 3.05. The zero-order valence-corrected chi connectivity index (χ0v) is 8.73. The zero-order valence-electron chi connectivity index (χ0n) is 8.73. The molecule has 1 aromatic heterocycles. The van der Waals surface area contributed by atoms with Crippen LogP contribution in [0, 0.1) is 0 Å². The van der Waals surface area contributed by atoms with Gasteiger partial charge in [0.25, 0.3) is 0 Å². The highest BCUT2D eigenvalue weighted by molar-refractivity contribution is 4.93. The van der Waals surface area contributed by atoms with E-state index in [-0.39, 0.29) is 6.61 Å². The van der Waals surface area contributed by atoms with Crippen molar-refractivity contribution in [1.82, 2.24) is 14.8 Å². The molecule has 0 fully saturated rings. The molecule has 1 N–H and O–H groups in total. The van der Waals surface area contributed by atoms with Crippen LogP contribution in [0.15, 0.2) is 0 Å². The number of hydrogen-bond acceptors (Lipinski definition) is 4. The highest BCUT2D eigenvalue weighted by Crippen LogP contribution is 2.02. The quantitative estimate of drug-likeness (QED) is 0.668. The molecule has 0 aromatic carbocycles. The summed E-state index contributed by atoms with van der Waals surface area (Å²) in [5.41, 5.74) is 0. The van der Waals surface area contributed by atoms with Gasteiger partial charge in [0.1, 0.15) is 12.4 Å². The molecule has 0 amide bonds. The highest BCUT2D eigenvalue weighted by Gasteiger charge is 2.06. The molecule has 14 heavy (non-hydrogen) atoms. The molecule has 0 aliphatic heterocycles. The van der Waals surface area contributed by atoms with Crippen molar-refractivity contribution in [2.24, 2.45) is 7.05 Å². The fraction of sp³-hybridized carbons (Fsp3) is 0.778. The molecule has 1 heterocycles. The Morgan fingerprint density at radius 2 is 2.07 bits per heavy atom. The number of aliphatic hydroxyl groups is 1. The van der Waals surface area contributed by atoms with Crippen LogP contribution >= 0.6 is 0 Å². The topological polar surface area (TPSA) is 60.2 Å². The summed E-state index contributed by atoms with van der Waals surface area (Å²) in [4.78, 5) is 0. The predicted molar refractivity (Wildman–Crippen MR) is 51.7 cm³/mol. The first kappa shape index (κ1) is 11.1. The third-order valence-corrected chi connectivity index (χ3v) is 2.09. The Kier molecular flexibility index (Phi) is 4.55. The molecule has 0 saturated heterocycles. The number of rotatable bonds is 6. The van der Waals surface area contributed by atoms with Crippen molar-refractivity contribution in [3.05, 3.63) is 11.6 Å². The second-order valence-electron chi connectivity index (χ2n) is 3.05. The standard InChI is InChI=1S/C9H17N3O2/c1-3-14-6-4-5-8-10-11-9(7-13)12(8)2/h13H,3-7H2,1-2H3. The summed E-state index contributed by atoms with van der Waals surface area (Å²) < 4.78 is 7.05. The van der Waals surface area contributed by atoms with Gasteiger partial charge in [0.05, 0.1) is 0 Å². The molecule has 1 rings (SSSR count). The van der Waals surface area contributed by atoms with Gasteiger partial charge in [-0.3, -0.25) is 0 Å². The highest BCUT2D eigenvalue weighted by atomic mass is 16.5. The maximum atomic E-state index is 8.89. The van der Waals surface area contributed by atoms with E-state index in [4.69, 9.17) is 9.84 Å². The average molecular weight is 199 g/mol. The van der Waals surface area contributed by atoms with Crippen LogP contribution in [0.3, 0.4) is 0 Å². The van der Waals surface area contributed by atoms with Crippen LogP contribution < -0.4 is 0 Å². The first-order valence-electron chi connectivity index (χ1n) is 4.85. The van der Waals surface area contributed by atoms with E-state index in [1.807, 2.05) is 18.5 Å². The Morgan fingerprint density at radius 1 is 1.36 bits per heavy atom. The van der Waals surface area contributed by atoms with Crippen molar-refractivity contribution in [3.63, 3.8) is 0 Å². The van der Waals surface area contributed by atoms with Crippen molar-refractivity contribution >= 4 is 0 Å². The fourth-order valence-electron chi connectivity index (χ4n) is 1.23. The lowest BCUT2D eigenvalue weighted by Crippen LogP contribution is -2.04. The number of aliphatic hydroxyl groups excluding tert-OH is 1. The fourth-order valence-corrected chi connectivity index (χ4v) is 1.23. The van der Waals surface area contributed by atoms with Crippen LogP contribution in [-0.2, 0) is 24.8 Å². The van der Waals surface area contributed by atoms with Gasteiger partial charge in [-0.15, -0.1) is 10.2 Å². The zero-order chi connectivity index (χ0) is 10.4. The largest absolute Gasteiger partial charge is 0.388 e. The van der Waals surface area contributed by atoms with Crippen LogP contribution in [0.25, 0.3) is 0 Å². The van der Waals surface area contributed by atoms with Crippen LogP contribution in [0.4, 0.5) is 0 Å². The lowest BCUT2D eigenvalue weighted by Gasteiger charge is -2.02. The van der Waals surface area contributed by atoms with Gasteiger partial charge in [-0.25, -0.2) is 0 Å². The van der Waals surface area contributed by atoms with E-state index in [2.05, 4.69) is 10.2 Å². The smallest absolute Gasteiger partial charge is 0.158 e. The molecule has 80 valence electrons. The summed E-state index contributed by atoms with van der Waals surface area (Å²) in [6, 6.07) is 0. The van der Waals surface area contributed by atoms with E-state index in [9.17, 15) is 0 Å². The maximum Gasteiger partial charge on any atom is 0.158 e. The molecular weight excluding hydrogens is 182 g/mol. The Balaban J connectivity index is 2.39. The first-order chi connectivity index (χ1) is 6.79. The Morgan fingerprint density at radius 3 is 2.64 bits per heavy atom. The number of nitrogens with zero attached hydrogens (tertiary/aromatic N) is 3. The molecule has 1 aromatic rings. The van der Waals surface area contributed by atoms with Crippen molar-refractivity contribution < 1.29 is 9.84 Å². The van der Waals surface area contributed by atoms with Gasteiger partial charge >= 0.3 is 0 Å². The second kappa shape index (κ2) is 5.72. The van der Waals surface area contributed by atoms with E-state index in [0.717, 1.165) is 31.9 Å². The molecule has 0 saturated carbocycles. The Hall–Kier alpha value is -0.940. The van der Waals surface area contributed by atoms with E-state index >= 15 is 0 Å². The molecule has 0 aliphatic rings. The summed E-state index contributed by atoms with van der Waals surface area (Å²) in [5.74, 6) is 1.50. The van der Waals surface area contributed by atoms with Crippen molar-refractivity contribution in [3.8, 4) is 0 Å². The number of aromatic nitrogens is 3. The normalized spacial score (nSPS) is 10.8. The third kappa shape index (κ3) is 2.78. The van der Waals surface area contributed by atoms with Gasteiger partial charge in [-0.05, 0) is 13.3 Å². The van der Waals surface area contributed by atoms with Crippen LogP contribution in [-0.4, -0.2) is 33.1 Å². The molecule has 0 spiro atoms. The monoisotopic (exact) mass is 199 g/mol. The van der Waals surface area contributed by atoms with E-state index in [1.165, 1.54) is 0 Å². The van der Waals surface area contributed by atoms with Crippen LogP contribution in [0.5, 0.6) is 0 Å². The molecule has 0 bridgehead atoms. The minimum absolute atomic E-state index is 0.0606. The SMILES string of the molecule is CCOCCCc1nnc(CO)n1C. The van der Waals surface area contributed by atoms with Crippen molar-refractivity contribution in [2.45, 2.75) is 26.4 Å². The van der Waals surface area contributed by atoms with Crippen molar-refractivity contribution in [1.29, 1.82) is 0 Å². The molecule has 5 heteroatoms. The summed E-state index contributed by atoms with van der Waals surface area (Å²) in [6.07, 6.45) is 1.77. The Bertz CT molecular complexity index is 273. The van der Waals surface area contributed by atoms with Crippen LogP contribution in [0.1, 0.15) is 25.0 Å². The summed E-state index contributed by atoms with van der Waals surface area (Å²) in [6.45, 7) is 3.42. The first-order valence-corrected chi connectivity index (χ1v) is 4.85. The van der Waals surface area contributed by atoms with E-state index in [0.29, 0.717) is 5.82 Å². The molecule has 0 radical (unpaired) electrons. The average Bonchev–Trinajstić information content (AvgIpc) is 2.55. The van der Waals surface area contributed by atoms with Crippen molar-refractivity contribution in [2.75, 3.05) is 13.2 Å². The molecule has 5 nitrogen and oxygen atoms in total. The summed E-state index contributed by atoms with van der Waals surface area (Å²) in [5, 5.41) is 16.7. The van der Waals surface area contributed by atoms with Gasteiger partial charge in [-0.1, -0.05) is 0 Å². The van der Waals surface area contributed by atoms with E-state index < -0.39 is 0 Å². The summed E-state index contributed by atoms with van der Waals surface area (Å²) >= 11 is 0. The molecule has 0 aliphatic carbocycles. The van der Waals surface area contributed by atoms with Gasteiger partial charge in [-0.2, -0.15) is 0 Å². The Labute approximate surface area is 83.7 Å². The third-order valence-electron chi connectivity index (χ3n) is 2.09. The lowest BCUT2D eigenvalue weighted by molar-refractivity contribution is 0.144. The van der Waals surface area contributed by atoms with Gasteiger partial charge in [0, 0.05) is 26.7 Å².